The van der Waals surface area contributed by atoms with E-state index >= 15 is 0 Å². The summed E-state index contributed by atoms with van der Waals surface area (Å²) in [7, 11) is 0. The summed E-state index contributed by atoms with van der Waals surface area (Å²) in [4.78, 5) is 45.3. The first-order valence-corrected chi connectivity index (χ1v) is 14.6. The molecule has 10 nitrogen and oxygen atoms in total. The lowest BCUT2D eigenvalue weighted by Gasteiger charge is -2.07. The van der Waals surface area contributed by atoms with Crippen molar-refractivity contribution in [3.05, 3.63) is 90.7 Å². The molecule has 0 saturated heterocycles. The van der Waals surface area contributed by atoms with Gasteiger partial charge >= 0.3 is 11.9 Å². The molecule has 4 rings (SSSR count). The molecule has 3 aromatic heterocycles. The fourth-order valence-corrected chi connectivity index (χ4v) is 5.78. The molecule has 0 aromatic carbocycles. The van der Waals surface area contributed by atoms with E-state index < -0.39 is 11.9 Å². The number of hydrogen-bond acceptors (Lipinski definition) is 5. The zero-order valence-electron chi connectivity index (χ0n) is 25.1. The number of rotatable bonds is 12. The summed E-state index contributed by atoms with van der Waals surface area (Å²) in [6.07, 6.45) is 7.74. The SMILES string of the molecule is C=CC1=C(C)/C(=C\c2[nH]c(Cc3[nH]c(/C=c4\[nH]c(O)c(C)\c4=C/C=S)c(C)c3CCC(=O)O)c(CCC(=O)O)c2C)NC1=O. The van der Waals surface area contributed by atoms with Crippen LogP contribution in [0.2, 0.25) is 0 Å². The quantitative estimate of drug-likeness (QED) is 0.153. The van der Waals surface area contributed by atoms with Gasteiger partial charge in [0.05, 0.1) is 5.35 Å². The Bertz CT molecular complexity index is 1880. The van der Waals surface area contributed by atoms with Gasteiger partial charge in [-0.1, -0.05) is 24.9 Å². The van der Waals surface area contributed by atoms with Crippen LogP contribution in [0.15, 0.2) is 29.5 Å². The van der Waals surface area contributed by atoms with Crippen molar-refractivity contribution >= 4 is 53.7 Å². The Morgan fingerprint density at radius 3 is 1.89 bits per heavy atom. The van der Waals surface area contributed by atoms with Crippen LogP contribution in [-0.4, -0.2) is 53.5 Å². The fourth-order valence-electron chi connectivity index (χ4n) is 5.64. The molecule has 1 amide bonds. The van der Waals surface area contributed by atoms with Crippen molar-refractivity contribution in [1.82, 2.24) is 20.3 Å². The Kier molecular flexibility index (Phi) is 9.59. The zero-order valence-corrected chi connectivity index (χ0v) is 25.9. The normalized spacial score (nSPS) is 15.0. The number of aromatic nitrogens is 3. The van der Waals surface area contributed by atoms with Crippen molar-refractivity contribution in [2.24, 2.45) is 0 Å². The van der Waals surface area contributed by atoms with Crippen LogP contribution in [0.4, 0.5) is 0 Å². The molecule has 0 atom stereocenters. The maximum absolute atomic E-state index is 12.4. The predicted octanol–water partition coefficient (Wildman–Crippen LogP) is 3.51. The molecule has 0 unspecified atom stereocenters. The van der Waals surface area contributed by atoms with Crippen LogP contribution in [-0.2, 0) is 33.6 Å². The molecule has 1 aliphatic rings. The smallest absolute Gasteiger partial charge is 0.303 e. The van der Waals surface area contributed by atoms with E-state index in [0.717, 1.165) is 55.8 Å². The summed E-state index contributed by atoms with van der Waals surface area (Å²) in [6, 6.07) is 0. The zero-order chi connectivity index (χ0) is 32.3. The van der Waals surface area contributed by atoms with E-state index in [4.69, 9.17) is 12.2 Å². The lowest BCUT2D eigenvalue weighted by molar-refractivity contribution is -0.138. The van der Waals surface area contributed by atoms with E-state index in [-0.39, 0.29) is 37.5 Å². The Balaban J connectivity index is 1.85. The van der Waals surface area contributed by atoms with E-state index in [1.807, 2.05) is 32.9 Å². The number of nitrogens with one attached hydrogen (secondary N) is 4. The number of carbonyl (C=O) groups is 3. The van der Waals surface area contributed by atoms with Gasteiger partial charge in [-0.05, 0) is 86.6 Å². The minimum absolute atomic E-state index is 0.0326. The number of aromatic hydroxyl groups is 1. The second-order valence-electron chi connectivity index (χ2n) is 10.8. The Morgan fingerprint density at radius 1 is 0.864 bits per heavy atom. The van der Waals surface area contributed by atoms with Gasteiger partial charge < -0.3 is 35.6 Å². The van der Waals surface area contributed by atoms with Gasteiger partial charge in [0.1, 0.15) is 0 Å². The molecule has 1 aliphatic heterocycles. The second-order valence-corrected chi connectivity index (χ2v) is 11.1. The molecule has 0 saturated carbocycles. The van der Waals surface area contributed by atoms with Crippen LogP contribution < -0.4 is 15.9 Å². The van der Waals surface area contributed by atoms with Gasteiger partial charge in [-0.3, -0.25) is 14.4 Å². The van der Waals surface area contributed by atoms with Gasteiger partial charge in [-0.15, -0.1) is 0 Å². The van der Waals surface area contributed by atoms with E-state index in [2.05, 4.69) is 26.8 Å². The van der Waals surface area contributed by atoms with Crippen molar-refractivity contribution in [1.29, 1.82) is 0 Å². The molecule has 0 aliphatic carbocycles. The van der Waals surface area contributed by atoms with Crippen LogP contribution in [0.3, 0.4) is 0 Å². The second kappa shape index (κ2) is 13.2. The molecule has 0 radical (unpaired) electrons. The minimum atomic E-state index is -0.919. The first-order chi connectivity index (χ1) is 20.9. The number of aliphatic carboxylic acids is 2. The fraction of sp³-hybridized carbons (Fsp3) is 0.273. The number of carboxylic acids is 2. The monoisotopic (exact) mass is 616 g/mol. The highest BCUT2D eigenvalue weighted by Crippen LogP contribution is 2.30. The highest BCUT2D eigenvalue weighted by Gasteiger charge is 2.24. The molecule has 3 aromatic rings. The summed E-state index contributed by atoms with van der Waals surface area (Å²) < 4.78 is 0. The predicted molar refractivity (Wildman–Crippen MR) is 173 cm³/mol. The molecule has 7 N–H and O–H groups in total. The maximum atomic E-state index is 12.4. The third kappa shape index (κ3) is 6.52. The van der Waals surface area contributed by atoms with Gasteiger partial charge in [0.25, 0.3) is 5.91 Å². The number of thiocarbonyl (C=S) groups is 1. The first kappa shape index (κ1) is 32.0. The average Bonchev–Trinajstić information content (AvgIpc) is 3.60. The topological polar surface area (TPSA) is 171 Å². The largest absolute Gasteiger partial charge is 0.494 e. The molecule has 0 spiro atoms. The van der Waals surface area contributed by atoms with E-state index in [1.54, 1.807) is 13.0 Å². The average molecular weight is 617 g/mol. The van der Waals surface area contributed by atoms with E-state index in [9.17, 15) is 29.7 Å². The molecular formula is C33H36N4O6S. The van der Waals surface area contributed by atoms with Gasteiger partial charge in [-0.2, -0.15) is 0 Å². The number of allylic oxidation sites excluding steroid dienone is 1. The van der Waals surface area contributed by atoms with Gasteiger partial charge in [0, 0.05) is 69.5 Å². The summed E-state index contributed by atoms with van der Waals surface area (Å²) >= 11 is 5.02. The van der Waals surface area contributed by atoms with Crippen LogP contribution >= 0.6 is 12.2 Å². The third-order valence-electron chi connectivity index (χ3n) is 8.16. The Morgan fingerprint density at radius 2 is 1.41 bits per heavy atom. The highest BCUT2D eigenvalue weighted by molar-refractivity contribution is 7.79. The number of aromatic amines is 3. The standard InChI is InChI=1S/C33H36N4O6S/c1-6-20-16(2)26(36-33(20)43)13-24-17(3)21(7-9-30(38)39)27(34-24)15-28-22(8-10-31(40)41)18(4)25(35-28)14-29-23(11-12-44)19(5)32(42)37-29/h6,11-14,34-35,37,42H,1,7-10,15H2,2-5H3,(H,36,43)(H,38,39)(H,40,41)/b23-11+,26-13+,29-14-. The van der Waals surface area contributed by atoms with Crippen LogP contribution in [0, 0.1) is 20.8 Å². The number of hydrogen-bond donors (Lipinski definition) is 7. The summed E-state index contributed by atoms with van der Waals surface area (Å²) in [6.45, 7) is 11.2. The Labute approximate surface area is 259 Å². The molecule has 0 bridgehead atoms. The number of H-pyrrole nitrogens is 3. The molecule has 230 valence electrons. The molecule has 11 heteroatoms. The highest BCUT2D eigenvalue weighted by atomic mass is 32.1. The summed E-state index contributed by atoms with van der Waals surface area (Å²) in [5.41, 5.74) is 9.03. The third-order valence-corrected chi connectivity index (χ3v) is 8.30. The minimum Gasteiger partial charge on any atom is -0.494 e. The maximum Gasteiger partial charge on any atom is 0.303 e. The summed E-state index contributed by atoms with van der Waals surface area (Å²) in [5.74, 6) is -2.04. The van der Waals surface area contributed by atoms with Crippen LogP contribution in [0.5, 0.6) is 5.88 Å². The van der Waals surface area contributed by atoms with Crippen molar-refractivity contribution in [2.75, 3.05) is 0 Å². The van der Waals surface area contributed by atoms with Gasteiger partial charge in [0.2, 0.25) is 0 Å². The number of carboxylic acid groups (broad SMARTS) is 2. The van der Waals surface area contributed by atoms with Gasteiger partial charge in [0.15, 0.2) is 5.88 Å². The Hall–Kier alpha value is -4.90. The van der Waals surface area contributed by atoms with Crippen molar-refractivity contribution in [2.45, 2.75) is 59.8 Å². The van der Waals surface area contributed by atoms with Crippen LogP contribution in [0.25, 0.3) is 18.2 Å². The summed E-state index contributed by atoms with van der Waals surface area (Å²) in [5, 5.41) is 34.9. The number of amides is 1. The van der Waals surface area contributed by atoms with Crippen molar-refractivity contribution < 1.29 is 29.7 Å². The van der Waals surface area contributed by atoms with Crippen molar-refractivity contribution in [3.63, 3.8) is 0 Å². The lowest BCUT2D eigenvalue weighted by Crippen LogP contribution is -2.24. The molecule has 44 heavy (non-hydrogen) atoms. The van der Waals surface area contributed by atoms with Gasteiger partial charge in [-0.25, -0.2) is 0 Å². The molecule has 0 fully saturated rings. The van der Waals surface area contributed by atoms with E-state index in [0.29, 0.717) is 28.6 Å². The van der Waals surface area contributed by atoms with E-state index in [1.165, 1.54) is 11.4 Å². The lowest BCUT2D eigenvalue weighted by atomic mass is 9.98. The molecular weight excluding hydrogens is 580 g/mol. The molecule has 4 heterocycles. The van der Waals surface area contributed by atoms with Crippen molar-refractivity contribution in [3.8, 4) is 5.88 Å². The first-order valence-electron chi connectivity index (χ1n) is 14.1. The van der Waals surface area contributed by atoms with Crippen LogP contribution in [0.1, 0.15) is 70.4 Å². The number of carbonyl (C=O) groups excluding carboxylic acids is 1.